The molecule has 8 nitrogen and oxygen atoms in total. The van der Waals surface area contributed by atoms with E-state index in [2.05, 4.69) is 10.3 Å². The molecule has 1 fully saturated rings. The fraction of sp³-hybridized carbons (Fsp3) is 0.208. The predicted molar refractivity (Wildman–Crippen MR) is 117 cm³/mol. The molecule has 3 heterocycles. The SMILES string of the molecule is CN1C[C@H](c2cccc([N+](=O)[O-])c2)[C@@H](C(=O)c2ccccn2)[C@@]12C(=O)Nc1ccc(F)cc12. The Kier molecular flexibility index (Phi) is 4.79. The van der Waals surface area contributed by atoms with Crippen LogP contribution in [-0.4, -0.2) is 40.1 Å². The number of nitrogens with one attached hydrogen (secondary N) is 1. The number of nitrogens with zero attached hydrogens (tertiary/aromatic N) is 3. The summed E-state index contributed by atoms with van der Waals surface area (Å²) in [6.45, 7) is 0.258. The summed E-state index contributed by atoms with van der Waals surface area (Å²) in [4.78, 5) is 44.2. The third-order valence-electron chi connectivity index (χ3n) is 6.62. The number of aromatic nitrogens is 1. The van der Waals surface area contributed by atoms with E-state index in [0.29, 0.717) is 16.8 Å². The van der Waals surface area contributed by atoms with Gasteiger partial charge in [-0.15, -0.1) is 0 Å². The van der Waals surface area contributed by atoms with Crippen LogP contribution in [-0.2, 0) is 10.3 Å². The summed E-state index contributed by atoms with van der Waals surface area (Å²) < 4.78 is 14.3. The second-order valence-electron chi connectivity index (χ2n) is 8.31. The number of fused-ring (bicyclic) bond motifs is 2. The molecule has 1 saturated heterocycles. The van der Waals surface area contributed by atoms with Gasteiger partial charge in [0.05, 0.1) is 10.8 Å². The van der Waals surface area contributed by atoms with Crippen molar-refractivity contribution in [3.63, 3.8) is 0 Å². The largest absolute Gasteiger partial charge is 0.324 e. The van der Waals surface area contributed by atoms with E-state index >= 15 is 0 Å². The Morgan fingerprint density at radius 3 is 2.76 bits per heavy atom. The van der Waals surface area contributed by atoms with Crippen molar-refractivity contribution in [1.29, 1.82) is 0 Å². The minimum Gasteiger partial charge on any atom is -0.324 e. The maximum atomic E-state index is 14.3. The summed E-state index contributed by atoms with van der Waals surface area (Å²) in [7, 11) is 1.70. The van der Waals surface area contributed by atoms with Gasteiger partial charge < -0.3 is 5.32 Å². The molecule has 3 atom stereocenters. The smallest absolute Gasteiger partial charge is 0.269 e. The molecule has 1 N–H and O–H groups in total. The zero-order valence-corrected chi connectivity index (χ0v) is 17.6. The minimum absolute atomic E-state index is 0.109. The van der Waals surface area contributed by atoms with Crippen LogP contribution in [0.4, 0.5) is 15.8 Å². The van der Waals surface area contributed by atoms with Gasteiger partial charge in [0.15, 0.2) is 5.78 Å². The van der Waals surface area contributed by atoms with Crippen LogP contribution >= 0.6 is 0 Å². The van der Waals surface area contributed by atoms with Crippen molar-refractivity contribution in [2.75, 3.05) is 18.9 Å². The van der Waals surface area contributed by atoms with Crippen molar-refractivity contribution < 1.29 is 18.9 Å². The Balaban J connectivity index is 1.74. The van der Waals surface area contributed by atoms with Crippen molar-refractivity contribution >= 4 is 23.1 Å². The lowest BCUT2D eigenvalue weighted by Crippen LogP contribution is -2.51. The first-order valence-corrected chi connectivity index (χ1v) is 10.4. The van der Waals surface area contributed by atoms with Gasteiger partial charge in [-0.3, -0.25) is 29.6 Å². The average molecular weight is 446 g/mol. The number of hydrogen-bond donors (Lipinski definition) is 1. The molecule has 0 unspecified atom stereocenters. The minimum atomic E-state index is -1.48. The topological polar surface area (TPSA) is 105 Å². The van der Waals surface area contributed by atoms with Gasteiger partial charge in [0.25, 0.3) is 5.69 Å². The number of hydrogen-bond acceptors (Lipinski definition) is 6. The lowest BCUT2D eigenvalue weighted by molar-refractivity contribution is -0.384. The molecule has 0 radical (unpaired) electrons. The van der Waals surface area contributed by atoms with Gasteiger partial charge in [0.1, 0.15) is 17.1 Å². The summed E-state index contributed by atoms with van der Waals surface area (Å²) >= 11 is 0. The van der Waals surface area contributed by atoms with E-state index in [4.69, 9.17) is 0 Å². The summed E-state index contributed by atoms with van der Waals surface area (Å²) in [5, 5.41) is 14.2. The Morgan fingerprint density at radius 1 is 1.21 bits per heavy atom. The Morgan fingerprint density at radius 2 is 2.03 bits per heavy atom. The molecule has 5 rings (SSSR count). The number of rotatable bonds is 4. The van der Waals surface area contributed by atoms with Gasteiger partial charge in [-0.1, -0.05) is 18.2 Å². The molecule has 9 heteroatoms. The Hall–Kier alpha value is -3.98. The normalized spacial score (nSPS) is 24.0. The molecule has 1 aromatic heterocycles. The maximum absolute atomic E-state index is 14.3. The molecule has 2 aliphatic heterocycles. The fourth-order valence-corrected chi connectivity index (χ4v) is 5.25. The molecule has 3 aromatic rings. The van der Waals surface area contributed by atoms with E-state index in [1.807, 2.05) is 0 Å². The number of nitro benzene ring substituents is 1. The highest BCUT2D eigenvalue weighted by atomic mass is 19.1. The maximum Gasteiger partial charge on any atom is 0.269 e. The summed E-state index contributed by atoms with van der Waals surface area (Å²) in [5.74, 6) is -2.90. The lowest BCUT2D eigenvalue weighted by atomic mass is 9.71. The van der Waals surface area contributed by atoms with Crippen LogP contribution in [0.1, 0.15) is 27.5 Å². The molecule has 1 spiro atoms. The van der Waals surface area contributed by atoms with Gasteiger partial charge in [-0.05, 0) is 42.9 Å². The van der Waals surface area contributed by atoms with Crippen LogP contribution in [0.3, 0.4) is 0 Å². The number of non-ortho nitro benzene ring substituents is 1. The zero-order valence-electron chi connectivity index (χ0n) is 17.6. The van der Waals surface area contributed by atoms with Crippen molar-refractivity contribution in [2.24, 2.45) is 5.92 Å². The number of likely N-dealkylation sites (tertiary alicyclic amines) is 1. The monoisotopic (exact) mass is 446 g/mol. The molecule has 2 aliphatic rings. The molecule has 1 amide bonds. The first-order valence-electron chi connectivity index (χ1n) is 10.4. The van der Waals surface area contributed by atoms with Crippen molar-refractivity contribution in [1.82, 2.24) is 9.88 Å². The highest BCUT2D eigenvalue weighted by Gasteiger charge is 2.64. The first kappa shape index (κ1) is 20.9. The number of carbonyl (C=O) groups excluding carboxylic acids is 2. The Labute approximate surface area is 188 Å². The molecular formula is C24H19FN4O4. The second-order valence-corrected chi connectivity index (χ2v) is 8.31. The number of benzene rings is 2. The van der Waals surface area contributed by atoms with Gasteiger partial charge in [0.2, 0.25) is 5.91 Å². The van der Waals surface area contributed by atoms with Crippen LogP contribution in [0, 0.1) is 21.8 Å². The Bertz CT molecular complexity index is 1300. The average Bonchev–Trinajstić information content (AvgIpc) is 3.29. The van der Waals surface area contributed by atoms with E-state index in [1.54, 1.807) is 42.3 Å². The fourth-order valence-electron chi connectivity index (χ4n) is 5.25. The molecule has 166 valence electrons. The van der Waals surface area contributed by atoms with Crippen LogP contribution in [0.5, 0.6) is 0 Å². The number of anilines is 1. The van der Waals surface area contributed by atoms with E-state index < -0.39 is 34.0 Å². The third-order valence-corrected chi connectivity index (χ3v) is 6.62. The zero-order chi connectivity index (χ0) is 23.3. The summed E-state index contributed by atoms with van der Waals surface area (Å²) in [6, 6.07) is 15.0. The van der Waals surface area contributed by atoms with Crippen LogP contribution in [0.2, 0.25) is 0 Å². The van der Waals surface area contributed by atoms with Crippen molar-refractivity contribution in [3.8, 4) is 0 Å². The number of pyridine rings is 1. The molecule has 2 aromatic carbocycles. The van der Waals surface area contributed by atoms with Crippen molar-refractivity contribution in [3.05, 3.63) is 99.6 Å². The van der Waals surface area contributed by atoms with E-state index in [0.717, 1.165) is 0 Å². The molecule has 0 aliphatic carbocycles. The number of halogens is 1. The number of carbonyl (C=O) groups is 2. The number of Topliss-reactive ketones (excluding diaryl/α,β-unsaturated/α-hetero) is 1. The molecule has 33 heavy (non-hydrogen) atoms. The first-order chi connectivity index (χ1) is 15.8. The summed E-state index contributed by atoms with van der Waals surface area (Å²) in [6.07, 6.45) is 1.49. The standard InChI is InChI=1S/C24H19FN4O4/c1-28-13-17(14-5-4-6-16(11-14)29(32)33)21(22(30)20-7-2-3-10-26-20)24(28)18-12-15(25)8-9-19(18)27-23(24)31/h2-12,17,21H,13H2,1H3,(H,27,31)/t17-,21+,24+/m1/s1. The van der Waals surface area contributed by atoms with Crippen molar-refractivity contribution in [2.45, 2.75) is 11.5 Å². The van der Waals surface area contributed by atoms with E-state index in [1.165, 1.54) is 36.5 Å². The van der Waals surface area contributed by atoms with Gasteiger partial charge in [-0.2, -0.15) is 0 Å². The van der Waals surface area contributed by atoms with Gasteiger partial charge >= 0.3 is 0 Å². The molecule has 0 saturated carbocycles. The lowest BCUT2D eigenvalue weighted by Gasteiger charge is -2.35. The number of likely N-dealkylation sites (N-methyl/N-ethyl adjacent to an activating group) is 1. The number of ketones is 1. The predicted octanol–water partition coefficient (Wildman–Crippen LogP) is 3.50. The number of amides is 1. The molecule has 0 bridgehead atoms. The van der Waals surface area contributed by atoms with Crippen LogP contribution < -0.4 is 5.32 Å². The van der Waals surface area contributed by atoms with E-state index in [-0.39, 0.29) is 23.7 Å². The highest BCUT2D eigenvalue weighted by molar-refractivity contribution is 6.11. The van der Waals surface area contributed by atoms with E-state index in [9.17, 15) is 24.1 Å². The molecular weight excluding hydrogens is 427 g/mol. The quantitative estimate of drug-likeness (QED) is 0.374. The van der Waals surface area contributed by atoms with Gasteiger partial charge in [-0.25, -0.2) is 4.39 Å². The second kappa shape index (κ2) is 7.56. The third kappa shape index (κ3) is 3.04. The van der Waals surface area contributed by atoms with Crippen LogP contribution in [0.15, 0.2) is 66.9 Å². The van der Waals surface area contributed by atoms with Gasteiger partial charge in [0, 0.05) is 42.0 Å². The summed E-state index contributed by atoms with van der Waals surface area (Å²) in [5.41, 5.74) is -0.0574. The van der Waals surface area contributed by atoms with Crippen LogP contribution in [0.25, 0.3) is 0 Å². The number of nitro groups is 1. The highest BCUT2D eigenvalue weighted by Crippen LogP contribution is 2.55.